The van der Waals surface area contributed by atoms with Gasteiger partial charge in [-0.05, 0) is 30.4 Å². The van der Waals surface area contributed by atoms with Crippen LogP contribution in [0.1, 0.15) is 28.9 Å². The molecule has 0 saturated carbocycles. The molecule has 1 amide bonds. The van der Waals surface area contributed by atoms with E-state index in [1.54, 1.807) is 21.5 Å². The monoisotopic (exact) mass is 374 g/mol. The van der Waals surface area contributed by atoms with E-state index in [0.29, 0.717) is 44.7 Å². The largest absolute Gasteiger partial charge is 0.337 e. The lowest BCUT2D eigenvalue weighted by Gasteiger charge is -2.21. The maximum Gasteiger partial charge on any atom is 0.271 e. The summed E-state index contributed by atoms with van der Waals surface area (Å²) in [7, 11) is -3.34. The summed E-state index contributed by atoms with van der Waals surface area (Å²) in [5.41, 5.74) is 1.45. The molecule has 2 saturated heterocycles. The number of aromatic amines is 1. The Balaban J connectivity index is 1.47. The molecule has 138 valence electrons. The number of benzene rings is 1. The number of likely N-dealkylation sites (tertiary alicyclic amines) is 1. The SMILES string of the molecule is O=C(c1ccn[nH]1)N1CC[C@H]2CN(Cc3ccccc3)S(=O)(=O)[C@@H]2CC1. The first-order valence-corrected chi connectivity index (χ1v) is 10.4. The average molecular weight is 374 g/mol. The van der Waals surface area contributed by atoms with Gasteiger partial charge in [0.05, 0.1) is 5.25 Å². The number of carbonyl (C=O) groups is 1. The van der Waals surface area contributed by atoms with Crippen molar-refractivity contribution < 1.29 is 13.2 Å². The molecule has 3 heterocycles. The molecule has 0 aliphatic carbocycles. The van der Waals surface area contributed by atoms with Crippen LogP contribution in [0.3, 0.4) is 0 Å². The summed E-state index contributed by atoms with van der Waals surface area (Å²) in [5, 5.41) is 6.11. The zero-order chi connectivity index (χ0) is 18.1. The third-order valence-electron chi connectivity index (χ3n) is 5.38. The highest BCUT2D eigenvalue weighted by Gasteiger charge is 2.47. The molecule has 2 aliphatic heterocycles. The lowest BCUT2D eigenvalue weighted by Crippen LogP contribution is -2.34. The molecule has 0 radical (unpaired) electrons. The Morgan fingerprint density at radius 2 is 1.92 bits per heavy atom. The number of fused-ring (bicyclic) bond motifs is 1. The van der Waals surface area contributed by atoms with Crippen molar-refractivity contribution in [2.24, 2.45) is 5.92 Å². The van der Waals surface area contributed by atoms with Crippen LogP contribution in [0, 0.1) is 5.92 Å². The van der Waals surface area contributed by atoms with Crippen molar-refractivity contribution in [3.63, 3.8) is 0 Å². The first kappa shape index (κ1) is 17.2. The number of sulfonamides is 1. The van der Waals surface area contributed by atoms with Gasteiger partial charge in [-0.1, -0.05) is 30.3 Å². The number of hydrogen-bond acceptors (Lipinski definition) is 4. The highest BCUT2D eigenvalue weighted by Crippen LogP contribution is 2.35. The number of nitrogens with one attached hydrogen (secondary N) is 1. The molecule has 26 heavy (non-hydrogen) atoms. The number of amides is 1. The van der Waals surface area contributed by atoms with Crippen LogP contribution >= 0.6 is 0 Å². The molecule has 0 bridgehead atoms. The minimum absolute atomic E-state index is 0.0725. The van der Waals surface area contributed by atoms with E-state index in [4.69, 9.17) is 0 Å². The molecule has 8 heteroatoms. The predicted molar refractivity (Wildman–Crippen MR) is 96.8 cm³/mol. The summed E-state index contributed by atoms with van der Waals surface area (Å²) in [6.45, 7) is 1.99. The zero-order valence-electron chi connectivity index (χ0n) is 14.4. The van der Waals surface area contributed by atoms with Crippen LogP contribution in [0.2, 0.25) is 0 Å². The second-order valence-corrected chi connectivity index (χ2v) is 9.11. The molecule has 7 nitrogen and oxygen atoms in total. The van der Waals surface area contributed by atoms with Gasteiger partial charge in [0.1, 0.15) is 5.69 Å². The van der Waals surface area contributed by atoms with E-state index in [1.807, 2.05) is 30.3 Å². The molecule has 2 fully saturated rings. The van der Waals surface area contributed by atoms with E-state index in [-0.39, 0.29) is 11.8 Å². The number of aromatic nitrogens is 2. The van der Waals surface area contributed by atoms with E-state index in [9.17, 15) is 13.2 Å². The standard InChI is InChI=1S/C18H22N4O3S/c23-18(16-6-9-19-20-16)21-10-7-15-13-22(12-14-4-2-1-3-5-14)26(24,25)17(15)8-11-21/h1-6,9,15,17H,7-8,10-13H2,(H,19,20)/t15-,17+/m0/s1. The van der Waals surface area contributed by atoms with Gasteiger partial charge in [0.25, 0.3) is 5.91 Å². The average Bonchev–Trinajstić information content (AvgIpc) is 3.18. The predicted octanol–water partition coefficient (Wildman–Crippen LogP) is 1.48. The molecular formula is C18H22N4O3S. The molecule has 1 aromatic heterocycles. The molecule has 2 aromatic rings. The van der Waals surface area contributed by atoms with Crippen LogP contribution in [-0.2, 0) is 16.6 Å². The Bertz CT molecular complexity index is 867. The Morgan fingerprint density at radius 1 is 1.15 bits per heavy atom. The van der Waals surface area contributed by atoms with Crippen LogP contribution in [0.25, 0.3) is 0 Å². The first-order chi connectivity index (χ1) is 12.6. The van der Waals surface area contributed by atoms with Crippen molar-refractivity contribution in [1.82, 2.24) is 19.4 Å². The highest BCUT2D eigenvalue weighted by atomic mass is 32.2. The van der Waals surface area contributed by atoms with Gasteiger partial charge in [-0.15, -0.1) is 0 Å². The van der Waals surface area contributed by atoms with Gasteiger partial charge >= 0.3 is 0 Å². The molecule has 2 atom stereocenters. The summed E-state index contributed by atoms with van der Waals surface area (Å²) < 4.78 is 27.6. The van der Waals surface area contributed by atoms with Crippen molar-refractivity contribution >= 4 is 15.9 Å². The Kier molecular flexibility index (Phi) is 4.54. The van der Waals surface area contributed by atoms with E-state index >= 15 is 0 Å². The minimum Gasteiger partial charge on any atom is -0.337 e. The smallest absolute Gasteiger partial charge is 0.271 e. The van der Waals surface area contributed by atoms with E-state index < -0.39 is 15.3 Å². The summed E-state index contributed by atoms with van der Waals surface area (Å²) in [6, 6.07) is 11.3. The molecule has 0 spiro atoms. The van der Waals surface area contributed by atoms with Crippen molar-refractivity contribution in [3.05, 3.63) is 53.9 Å². The lowest BCUT2D eigenvalue weighted by molar-refractivity contribution is 0.0753. The summed E-state index contributed by atoms with van der Waals surface area (Å²) in [4.78, 5) is 14.2. The second kappa shape index (κ2) is 6.85. The van der Waals surface area contributed by atoms with Gasteiger partial charge < -0.3 is 4.90 Å². The van der Waals surface area contributed by atoms with Gasteiger partial charge in [0, 0.05) is 32.4 Å². The van der Waals surface area contributed by atoms with Crippen molar-refractivity contribution in [2.45, 2.75) is 24.6 Å². The van der Waals surface area contributed by atoms with Gasteiger partial charge in [-0.3, -0.25) is 9.89 Å². The summed E-state index contributed by atoms with van der Waals surface area (Å²) >= 11 is 0. The Hall–Kier alpha value is -2.19. The van der Waals surface area contributed by atoms with Crippen LogP contribution in [0.15, 0.2) is 42.6 Å². The molecule has 2 aliphatic rings. The summed E-state index contributed by atoms with van der Waals surface area (Å²) in [5.74, 6) is -0.0377. The normalized spacial score (nSPS) is 25.6. The third kappa shape index (κ3) is 3.14. The van der Waals surface area contributed by atoms with Crippen molar-refractivity contribution in [1.29, 1.82) is 0 Å². The van der Waals surface area contributed by atoms with E-state index in [0.717, 1.165) is 5.56 Å². The van der Waals surface area contributed by atoms with Crippen LogP contribution < -0.4 is 0 Å². The van der Waals surface area contributed by atoms with Gasteiger partial charge in [-0.2, -0.15) is 9.40 Å². The fraction of sp³-hybridized carbons (Fsp3) is 0.444. The lowest BCUT2D eigenvalue weighted by atomic mass is 10.0. The van der Waals surface area contributed by atoms with Gasteiger partial charge in [0.15, 0.2) is 0 Å². The van der Waals surface area contributed by atoms with Crippen LogP contribution in [-0.4, -0.2) is 58.6 Å². The minimum atomic E-state index is -3.34. The number of nitrogens with zero attached hydrogens (tertiary/aromatic N) is 3. The third-order valence-corrected chi connectivity index (χ3v) is 7.76. The molecular weight excluding hydrogens is 352 g/mol. The summed E-state index contributed by atoms with van der Waals surface area (Å²) in [6.07, 6.45) is 2.74. The maximum atomic E-state index is 13.0. The fourth-order valence-corrected chi connectivity index (χ4v) is 6.21. The van der Waals surface area contributed by atoms with Gasteiger partial charge in [0.2, 0.25) is 10.0 Å². The molecule has 1 N–H and O–H groups in total. The maximum absolute atomic E-state index is 13.0. The quantitative estimate of drug-likeness (QED) is 0.882. The van der Waals surface area contributed by atoms with Crippen molar-refractivity contribution in [3.8, 4) is 0 Å². The molecule has 4 rings (SSSR count). The fourth-order valence-electron chi connectivity index (χ4n) is 3.99. The van der Waals surface area contributed by atoms with E-state index in [1.165, 1.54) is 0 Å². The van der Waals surface area contributed by atoms with Gasteiger partial charge in [-0.25, -0.2) is 8.42 Å². The number of rotatable bonds is 3. The van der Waals surface area contributed by atoms with E-state index in [2.05, 4.69) is 10.2 Å². The molecule has 0 unspecified atom stereocenters. The highest BCUT2D eigenvalue weighted by molar-refractivity contribution is 7.90. The first-order valence-electron chi connectivity index (χ1n) is 8.87. The number of carbonyl (C=O) groups excluding carboxylic acids is 1. The Labute approximate surface area is 153 Å². The topological polar surface area (TPSA) is 86.4 Å². The Morgan fingerprint density at radius 3 is 2.65 bits per heavy atom. The molecule has 1 aromatic carbocycles. The second-order valence-electron chi connectivity index (χ2n) is 6.96. The van der Waals surface area contributed by atoms with Crippen LogP contribution in [0.4, 0.5) is 0 Å². The van der Waals surface area contributed by atoms with Crippen molar-refractivity contribution in [2.75, 3.05) is 19.6 Å². The number of hydrogen-bond donors (Lipinski definition) is 1. The number of H-pyrrole nitrogens is 1. The van der Waals surface area contributed by atoms with Crippen LogP contribution in [0.5, 0.6) is 0 Å². The zero-order valence-corrected chi connectivity index (χ0v) is 15.2.